The van der Waals surface area contributed by atoms with E-state index in [0.29, 0.717) is 5.69 Å². The standard InChI is InChI=1S/C15H20N2O4/c1-8(2)13(16-10(4)18)14(19)17-12-7-11(15(20)21)6-5-9(12)3/h5-8,13H,1-4H3,(H,16,18)(H,17,19)(H,20,21). The zero-order valence-corrected chi connectivity index (χ0v) is 12.6. The van der Waals surface area contributed by atoms with Crippen LogP contribution in [0.25, 0.3) is 0 Å². The lowest BCUT2D eigenvalue weighted by molar-refractivity contribution is -0.126. The van der Waals surface area contributed by atoms with E-state index in [4.69, 9.17) is 5.11 Å². The first kappa shape index (κ1) is 16.7. The molecule has 6 nitrogen and oxygen atoms in total. The maximum atomic E-state index is 12.2. The number of carbonyl (C=O) groups excluding carboxylic acids is 2. The van der Waals surface area contributed by atoms with E-state index in [0.717, 1.165) is 5.56 Å². The molecule has 0 saturated carbocycles. The summed E-state index contributed by atoms with van der Waals surface area (Å²) in [5, 5.41) is 14.2. The normalized spacial score (nSPS) is 11.9. The third kappa shape index (κ3) is 4.59. The fourth-order valence-electron chi connectivity index (χ4n) is 1.85. The zero-order valence-electron chi connectivity index (χ0n) is 12.6. The van der Waals surface area contributed by atoms with Gasteiger partial charge in [0, 0.05) is 12.6 Å². The molecule has 0 spiro atoms. The number of hydrogen-bond donors (Lipinski definition) is 3. The highest BCUT2D eigenvalue weighted by Crippen LogP contribution is 2.18. The van der Waals surface area contributed by atoms with Crippen molar-refractivity contribution in [2.24, 2.45) is 5.92 Å². The van der Waals surface area contributed by atoms with Crippen LogP contribution in [0.1, 0.15) is 36.7 Å². The van der Waals surface area contributed by atoms with Gasteiger partial charge in [0.25, 0.3) is 0 Å². The Labute approximate surface area is 123 Å². The van der Waals surface area contributed by atoms with Crippen LogP contribution in [-0.4, -0.2) is 28.9 Å². The Balaban J connectivity index is 2.97. The molecule has 6 heteroatoms. The van der Waals surface area contributed by atoms with Gasteiger partial charge in [-0.05, 0) is 30.5 Å². The van der Waals surface area contributed by atoms with Gasteiger partial charge in [0.1, 0.15) is 6.04 Å². The van der Waals surface area contributed by atoms with E-state index in [-0.39, 0.29) is 23.3 Å². The topological polar surface area (TPSA) is 95.5 Å². The van der Waals surface area contributed by atoms with Crippen molar-refractivity contribution in [2.75, 3.05) is 5.32 Å². The number of carbonyl (C=O) groups is 3. The lowest BCUT2D eigenvalue weighted by Crippen LogP contribution is -2.46. The second-order valence-corrected chi connectivity index (χ2v) is 5.25. The van der Waals surface area contributed by atoms with Crippen molar-refractivity contribution in [2.45, 2.75) is 33.7 Å². The van der Waals surface area contributed by atoms with Gasteiger partial charge in [-0.25, -0.2) is 4.79 Å². The van der Waals surface area contributed by atoms with Gasteiger partial charge >= 0.3 is 5.97 Å². The highest BCUT2D eigenvalue weighted by molar-refractivity contribution is 5.99. The number of carboxylic acid groups (broad SMARTS) is 1. The Morgan fingerprint density at radius 2 is 1.81 bits per heavy atom. The molecule has 0 aromatic heterocycles. The lowest BCUT2D eigenvalue weighted by Gasteiger charge is -2.21. The SMILES string of the molecule is CC(=O)NC(C(=O)Nc1cc(C(=O)O)ccc1C)C(C)C. The summed E-state index contributed by atoms with van der Waals surface area (Å²) in [5.41, 5.74) is 1.27. The van der Waals surface area contributed by atoms with Crippen LogP contribution in [0.3, 0.4) is 0 Å². The van der Waals surface area contributed by atoms with Crippen molar-refractivity contribution < 1.29 is 19.5 Å². The first-order chi connectivity index (χ1) is 9.72. The molecule has 114 valence electrons. The fourth-order valence-corrected chi connectivity index (χ4v) is 1.85. The Morgan fingerprint density at radius 3 is 2.29 bits per heavy atom. The molecular formula is C15H20N2O4. The Morgan fingerprint density at radius 1 is 1.19 bits per heavy atom. The Hall–Kier alpha value is -2.37. The average Bonchev–Trinajstić information content (AvgIpc) is 2.37. The van der Waals surface area contributed by atoms with Crippen LogP contribution >= 0.6 is 0 Å². The summed E-state index contributed by atoms with van der Waals surface area (Å²) < 4.78 is 0. The minimum absolute atomic E-state index is 0.0862. The summed E-state index contributed by atoms with van der Waals surface area (Å²) in [7, 11) is 0. The maximum Gasteiger partial charge on any atom is 0.335 e. The molecule has 1 aromatic rings. The molecule has 1 aromatic carbocycles. The van der Waals surface area contributed by atoms with Gasteiger partial charge in [-0.15, -0.1) is 0 Å². The second kappa shape index (κ2) is 6.88. The molecule has 0 aliphatic rings. The number of aromatic carboxylic acids is 1. The number of hydrogen-bond acceptors (Lipinski definition) is 3. The molecule has 3 N–H and O–H groups in total. The average molecular weight is 292 g/mol. The van der Waals surface area contributed by atoms with Crippen molar-refractivity contribution in [3.63, 3.8) is 0 Å². The molecule has 0 saturated heterocycles. The number of nitrogens with one attached hydrogen (secondary N) is 2. The molecule has 1 unspecified atom stereocenters. The van der Waals surface area contributed by atoms with E-state index in [1.54, 1.807) is 13.0 Å². The molecule has 1 rings (SSSR count). The maximum absolute atomic E-state index is 12.2. The van der Waals surface area contributed by atoms with Crippen LogP contribution in [0, 0.1) is 12.8 Å². The number of anilines is 1. The number of aryl methyl sites for hydroxylation is 1. The summed E-state index contributed by atoms with van der Waals surface area (Å²) >= 11 is 0. The van der Waals surface area contributed by atoms with Crippen LogP contribution in [0.5, 0.6) is 0 Å². The van der Waals surface area contributed by atoms with Gasteiger partial charge in [-0.3, -0.25) is 9.59 Å². The highest BCUT2D eigenvalue weighted by Gasteiger charge is 2.23. The summed E-state index contributed by atoms with van der Waals surface area (Å²) in [6.07, 6.45) is 0. The lowest BCUT2D eigenvalue weighted by atomic mass is 10.0. The van der Waals surface area contributed by atoms with Gasteiger partial charge in [0.05, 0.1) is 5.56 Å². The minimum atomic E-state index is -1.06. The van der Waals surface area contributed by atoms with Crippen LogP contribution in [0.2, 0.25) is 0 Å². The number of amides is 2. The molecule has 0 bridgehead atoms. The predicted molar refractivity (Wildman–Crippen MR) is 79.2 cm³/mol. The molecule has 1 atom stereocenters. The predicted octanol–water partition coefficient (Wildman–Crippen LogP) is 1.79. The van der Waals surface area contributed by atoms with Crippen molar-refractivity contribution in [1.29, 1.82) is 0 Å². The highest BCUT2D eigenvalue weighted by atomic mass is 16.4. The number of rotatable bonds is 5. The molecule has 21 heavy (non-hydrogen) atoms. The van der Waals surface area contributed by atoms with Crippen LogP contribution in [-0.2, 0) is 9.59 Å². The first-order valence-electron chi connectivity index (χ1n) is 6.64. The van der Waals surface area contributed by atoms with Gasteiger partial charge < -0.3 is 15.7 Å². The minimum Gasteiger partial charge on any atom is -0.478 e. The monoisotopic (exact) mass is 292 g/mol. The van der Waals surface area contributed by atoms with Crippen LogP contribution < -0.4 is 10.6 Å². The smallest absolute Gasteiger partial charge is 0.335 e. The summed E-state index contributed by atoms with van der Waals surface area (Å²) in [6.45, 7) is 6.75. The molecule has 0 fully saturated rings. The van der Waals surface area contributed by atoms with E-state index in [1.165, 1.54) is 19.1 Å². The van der Waals surface area contributed by atoms with E-state index in [1.807, 2.05) is 13.8 Å². The van der Waals surface area contributed by atoms with E-state index in [9.17, 15) is 14.4 Å². The number of benzene rings is 1. The van der Waals surface area contributed by atoms with Crippen LogP contribution in [0.15, 0.2) is 18.2 Å². The summed E-state index contributed by atoms with van der Waals surface area (Å²) in [4.78, 5) is 34.4. The first-order valence-corrected chi connectivity index (χ1v) is 6.64. The molecule has 0 aliphatic heterocycles. The zero-order chi connectivity index (χ0) is 16.2. The molecule has 2 amide bonds. The van der Waals surface area contributed by atoms with Gasteiger partial charge in [-0.2, -0.15) is 0 Å². The van der Waals surface area contributed by atoms with Gasteiger partial charge in [0.2, 0.25) is 11.8 Å². The Kier molecular flexibility index (Phi) is 5.46. The second-order valence-electron chi connectivity index (χ2n) is 5.25. The third-order valence-corrected chi connectivity index (χ3v) is 3.05. The summed E-state index contributed by atoms with van der Waals surface area (Å²) in [6, 6.07) is 3.83. The van der Waals surface area contributed by atoms with E-state index >= 15 is 0 Å². The molecule has 0 radical (unpaired) electrons. The van der Waals surface area contributed by atoms with Crippen molar-refractivity contribution in [3.05, 3.63) is 29.3 Å². The van der Waals surface area contributed by atoms with Gasteiger partial charge in [0.15, 0.2) is 0 Å². The van der Waals surface area contributed by atoms with Crippen LogP contribution in [0.4, 0.5) is 5.69 Å². The van der Waals surface area contributed by atoms with Crippen molar-refractivity contribution >= 4 is 23.5 Å². The molecule has 0 heterocycles. The molecule has 0 aliphatic carbocycles. The van der Waals surface area contributed by atoms with Crippen molar-refractivity contribution in [1.82, 2.24) is 5.32 Å². The Bertz CT molecular complexity index is 567. The molecular weight excluding hydrogens is 272 g/mol. The summed E-state index contributed by atoms with van der Waals surface area (Å²) in [5.74, 6) is -1.81. The largest absolute Gasteiger partial charge is 0.478 e. The fraction of sp³-hybridized carbons (Fsp3) is 0.400. The van der Waals surface area contributed by atoms with Crippen molar-refractivity contribution in [3.8, 4) is 0 Å². The number of carboxylic acids is 1. The quantitative estimate of drug-likeness (QED) is 0.771. The third-order valence-electron chi connectivity index (χ3n) is 3.05. The van der Waals surface area contributed by atoms with E-state index in [2.05, 4.69) is 10.6 Å². The van der Waals surface area contributed by atoms with Gasteiger partial charge in [-0.1, -0.05) is 19.9 Å². The van der Waals surface area contributed by atoms with E-state index < -0.39 is 12.0 Å².